The average Bonchev–Trinajstić information content (AvgIpc) is 2.68. The highest BCUT2D eigenvalue weighted by Crippen LogP contribution is 2.34. The molecule has 0 saturated heterocycles. The van der Waals surface area contributed by atoms with E-state index in [9.17, 15) is 9.59 Å². The molecular weight excluding hydrogens is 344 g/mol. The second-order valence-corrected chi connectivity index (χ2v) is 6.08. The van der Waals surface area contributed by atoms with E-state index in [0.29, 0.717) is 43.1 Å². The zero-order valence-corrected chi connectivity index (χ0v) is 15.0. The van der Waals surface area contributed by atoms with E-state index in [1.165, 1.54) is 0 Å². The van der Waals surface area contributed by atoms with Crippen LogP contribution in [0.15, 0.2) is 61.2 Å². The zero-order valence-electron chi connectivity index (χ0n) is 15.0. The van der Waals surface area contributed by atoms with Crippen LogP contribution in [-0.4, -0.2) is 31.6 Å². The van der Waals surface area contributed by atoms with Crippen molar-refractivity contribution >= 4 is 23.2 Å². The molecule has 0 atom stereocenters. The van der Waals surface area contributed by atoms with Crippen LogP contribution >= 0.6 is 0 Å². The molecule has 6 nitrogen and oxygen atoms in total. The topological polar surface area (TPSA) is 67.9 Å². The molecule has 0 fully saturated rings. The molecule has 2 amide bonds. The summed E-state index contributed by atoms with van der Waals surface area (Å²) in [6.07, 6.45) is 2.61. The van der Waals surface area contributed by atoms with Gasteiger partial charge in [-0.25, -0.2) is 0 Å². The van der Waals surface area contributed by atoms with Crippen LogP contribution in [0.5, 0.6) is 11.5 Å². The van der Waals surface area contributed by atoms with E-state index in [0.717, 1.165) is 5.75 Å². The first-order valence-electron chi connectivity index (χ1n) is 8.83. The fourth-order valence-electron chi connectivity index (χ4n) is 2.77. The Balaban J connectivity index is 1.53. The minimum absolute atomic E-state index is 0.00790. The molecule has 0 spiro atoms. The summed E-state index contributed by atoms with van der Waals surface area (Å²) in [6.45, 7) is 4.55. The number of ether oxygens (including phenoxy) is 2. The Bertz CT molecular complexity index is 820. The molecule has 2 aromatic rings. The van der Waals surface area contributed by atoms with Crippen LogP contribution in [-0.2, 0) is 9.59 Å². The maximum absolute atomic E-state index is 12.2. The van der Waals surface area contributed by atoms with Gasteiger partial charge in [-0.3, -0.25) is 9.59 Å². The van der Waals surface area contributed by atoms with Crippen molar-refractivity contribution in [2.45, 2.75) is 12.8 Å². The van der Waals surface area contributed by atoms with Crippen LogP contribution in [0.4, 0.5) is 11.4 Å². The fourth-order valence-corrected chi connectivity index (χ4v) is 2.77. The first kappa shape index (κ1) is 18.5. The number of hydrogen-bond donors (Lipinski definition) is 1. The number of fused-ring (bicyclic) bond motifs is 1. The van der Waals surface area contributed by atoms with E-state index in [-0.39, 0.29) is 18.4 Å². The van der Waals surface area contributed by atoms with Gasteiger partial charge in [0.15, 0.2) is 6.61 Å². The van der Waals surface area contributed by atoms with Gasteiger partial charge in [0.2, 0.25) is 5.91 Å². The standard InChI is InChI=1S/C21H22N2O4/c1-2-12-23-18-14-16(10-11-19(18)27-15-21(23)25)22-20(24)9-6-13-26-17-7-4-3-5-8-17/h2-5,7-8,10-11,14H,1,6,9,12-13,15H2,(H,22,24). The van der Waals surface area contributed by atoms with Gasteiger partial charge in [0, 0.05) is 18.7 Å². The molecule has 1 N–H and O–H groups in total. The minimum atomic E-state index is -0.135. The number of nitrogens with zero attached hydrogens (tertiary/aromatic N) is 1. The highest BCUT2D eigenvalue weighted by atomic mass is 16.5. The maximum Gasteiger partial charge on any atom is 0.265 e. The van der Waals surface area contributed by atoms with Gasteiger partial charge >= 0.3 is 0 Å². The van der Waals surface area contributed by atoms with E-state index < -0.39 is 0 Å². The normalized spacial score (nSPS) is 12.7. The number of benzene rings is 2. The summed E-state index contributed by atoms with van der Waals surface area (Å²) in [7, 11) is 0. The Kier molecular flexibility index (Phi) is 6.10. The average molecular weight is 366 g/mol. The summed E-state index contributed by atoms with van der Waals surface area (Å²) in [5.74, 6) is 1.17. The van der Waals surface area contributed by atoms with Crippen LogP contribution < -0.4 is 19.7 Å². The number of para-hydroxylation sites is 1. The Hall–Kier alpha value is -3.28. The molecule has 0 bridgehead atoms. The van der Waals surface area contributed by atoms with Crippen LogP contribution in [0.25, 0.3) is 0 Å². The van der Waals surface area contributed by atoms with Gasteiger partial charge in [-0.05, 0) is 36.8 Å². The lowest BCUT2D eigenvalue weighted by atomic mass is 10.2. The lowest BCUT2D eigenvalue weighted by molar-refractivity contribution is -0.121. The second kappa shape index (κ2) is 8.89. The third-order valence-electron chi connectivity index (χ3n) is 4.06. The van der Waals surface area contributed by atoms with Crippen LogP contribution in [0, 0.1) is 0 Å². The molecular formula is C21H22N2O4. The summed E-state index contributed by atoms with van der Waals surface area (Å²) in [6, 6.07) is 14.8. The number of amides is 2. The second-order valence-electron chi connectivity index (χ2n) is 6.08. The molecule has 0 aliphatic carbocycles. The molecule has 0 saturated carbocycles. The lowest BCUT2D eigenvalue weighted by Crippen LogP contribution is -2.38. The lowest BCUT2D eigenvalue weighted by Gasteiger charge is -2.28. The molecule has 1 heterocycles. The predicted molar refractivity (Wildman–Crippen MR) is 104 cm³/mol. The molecule has 6 heteroatoms. The summed E-state index contributed by atoms with van der Waals surface area (Å²) in [5, 5.41) is 2.85. The van der Waals surface area contributed by atoms with Crippen LogP contribution in [0.2, 0.25) is 0 Å². The van der Waals surface area contributed by atoms with E-state index in [1.807, 2.05) is 30.3 Å². The quantitative estimate of drug-likeness (QED) is 0.574. The predicted octanol–water partition coefficient (Wildman–Crippen LogP) is 3.40. The van der Waals surface area contributed by atoms with E-state index in [1.54, 1.807) is 29.2 Å². The van der Waals surface area contributed by atoms with Crippen molar-refractivity contribution in [2.24, 2.45) is 0 Å². The minimum Gasteiger partial charge on any atom is -0.494 e. The van der Waals surface area contributed by atoms with Gasteiger partial charge < -0.3 is 19.7 Å². The SMILES string of the molecule is C=CCN1C(=O)COc2ccc(NC(=O)CCCOc3ccccc3)cc21. The number of anilines is 2. The Morgan fingerprint density at radius 2 is 2.07 bits per heavy atom. The number of rotatable bonds is 8. The number of nitrogens with one attached hydrogen (secondary N) is 1. The maximum atomic E-state index is 12.2. The number of hydrogen-bond acceptors (Lipinski definition) is 4. The monoisotopic (exact) mass is 366 g/mol. The highest BCUT2D eigenvalue weighted by molar-refractivity contribution is 5.99. The fraction of sp³-hybridized carbons (Fsp3) is 0.238. The third kappa shape index (κ3) is 4.88. The van der Waals surface area contributed by atoms with Crippen molar-refractivity contribution in [3.63, 3.8) is 0 Å². The van der Waals surface area contributed by atoms with Crippen LogP contribution in [0.3, 0.4) is 0 Å². The van der Waals surface area contributed by atoms with Gasteiger partial charge in [-0.15, -0.1) is 6.58 Å². The summed E-state index contributed by atoms with van der Waals surface area (Å²) in [5.41, 5.74) is 1.26. The smallest absolute Gasteiger partial charge is 0.265 e. The van der Waals surface area contributed by atoms with Gasteiger partial charge in [0.05, 0.1) is 12.3 Å². The Morgan fingerprint density at radius 1 is 1.26 bits per heavy atom. The summed E-state index contributed by atoms with van der Waals surface area (Å²) in [4.78, 5) is 25.8. The first-order valence-corrected chi connectivity index (χ1v) is 8.83. The van der Waals surface area contributed by atoms with Gasteiger partial charge in [0.25, 0.3) is 5.91 Å². The van der Waals surface area contributed by atoms with E-state index in [2.05, 4.69) is 11.9 Å². The van der Waals surface area contributed by atoms with Crippen molar-refractivity contribution < 1.29 is 19.1 Å². The molecule has 0 radical (unpaired) electrons. The third-order valence-corrected chi connectivity index (χ3v) is 4.06. The van der Waals surface area contributed by atoms with E-state index in [4.69, 9.17) is 9.47 Å². The van der Waals surface area contributed by atoms with Crippen molar-refractivity contribution in [1.29, 1.82) is 0 Å². The largest absolute Gasteiger partial charge is 0.494 e. The number of carbonyl (C=O) groups is 2. The van der Waals surface area contributed by atoms with Gasteiger partial charge in [0.1, 0.15) is 11.5 Å². The molecule has 1 aliphatic heterocycles. The highest BCUT2D eigenvalue weighted by Gasteiger charge is 2.24. The van der Waals surface area contributed by atoms with Crippen molar-refractivity contribution in [1.82, 2.24) is 0 Å². The molecule has 3 rings (SSSR count). The molecule has 2 aromatic carbocycles. The molecule has 1 aliphatic rings. The first-order chi connectivity index (χ1) is 13.2. The van der Waals surface area contributed by atoms with Crippen LogP contribution in [0.1, 0.15) is 12.8 Å². The van der Waals surface area contributed by atoms with Crippen molar-refractivity contribution in [3.05, 3.63) is 61.2 Å². The molecule has 27 heavy (non-hydrogen) atoms. The van der Waals surface area contributed by atoms with Gasteiger partial charge in [-0.1, -0.05) is 24.3 Å². The Morgan fingerprint density at radius 3 is 2.85 bits per heavy atom. The van der Waals surface area contributed by atoms with Gasteiger partial charge in [-0.2, -0.15) is 0 Å². The summed E-state index contributed by atoms with van der Waals surface area (Å²) < 4.78 is 11.0. The zero-order chi connectivity index (χ0) is 19.1. The van der Waals surface area contributed by atoms with Crippen molar-refractivity contribution in [2.75, 3.05) is 30.0 Å². The van der Waals surface area contributed by atoms with Crippen molar-refractivity contribution in [3.8, 4) is 11.5 Å². The molecule has 0 aromatic heterocycles. The molecule has 0 unspecified atom stereocenters. The summed E-state index contributed by atoms with van der Waals surface area (Å²) >= 11 is 0. The number of carbonyl (C=O) groups excluding carboxylic acids is 2. The van der Waals surface area contributed by atoms with E-state index >= 15 is 0 Å². The Labute approximate surface area is 158 Å². The molecule has 140 valence electrons.